The maximum Gasteiger partial charge on any atom is 0.130 e. The predicted octanol–water partition coefficient (Wildman–Crippen LogP) is 2.45. The van der Waals surface area contributed by atoms with E-state index in [-0.39, 0.29) is 0 Å². The average molecular weight is 256 g/mol. The second-order valence-corrected chi connectivity index (χ2v) is 4.54. The van der Waals surface area contributed by atoms with Gasteiger partial charge in [0.25, 0.3) is 0 Å². The van der Waals surface area contributed by atoms with Crippen molar-refractivity contribution in [2.75, 3.05) is 6.54 Å². The topological polar surface area (TPSA) is 32.3 Å². The van der Waals surface area contributed by atoms with Crippen molar-refractivity contribution in [3.63, 3.8) is 0 Å². The molecule has 2 N–H and O–H groups in total. The molecule has 0 bridgehead atoms. The van der Waals surface area contributed by atoms with E-state index in [1.165, 1.54) is 18.4 Å². The molecule has 0 spiro atoms. The minimum atomic E-state index is 0.334. The molecule has 1 aliphatic heterocycles. The molecular formula is C11H14BrNO. The fourth-order valence-corrected chi connectivity index (χ4v) is 2.35. The first-order chi connectivity index (χ1) is 6.77. The summed E-state index contributed by atoms with van der Waals surface area (Å²) in [4.78, 5) is 0. The number of hydrogen-bond acceptors (Lipinski definition) is 2. The van der Waals surface area contributed by atoms with Crippen LogP contribution in [0.2, 0.25) is 0 Å². The third kappa shape index (κ3) is 2.10. The van der Waals surface area contributed by atoms with E-state index >= 15 is 0 Å². The lowest BCUT2D eigenvalue weighted by molar-refractivity contribution is 0.470. The highest BCUT2D eigenvalue weighted by atomic mass is 79.9. The molecule has 1 heterocycles. The monoisotopic (exact) mass is 255 g/mol. The summed E-state index contributed by atoms with van der Waals surface area (Å²) in [6, 6.07) is 6.23. The SMILES string of the molecule is Oc1cccc(CC2CCCN2)c1Br. The van der Waals surface area contributed by atoms with Crippen LogP contribution in [0.15, 0.2) is 22.7 Å². The van der Waals surface area contributed by atoms with E-state index in [4.69, 9.17) is 0 Å². The second kappa shape index (κ2) is 4.32. The second-order valence-electron chi connectivity index (χ2n) is 3.75. The van der Waals surface area contributed by atoms with Gasteiger partial charge in [-0.1, -0.05) is 12.1 Å². The molecule has 0 radical (unpaired) electrons. The molecule has 1 atom stereocenters. The molecule has 76 valence electrons. The lowest BCUT2D eigenvalue weighted by Crippen LogP contribution is -2.23. The molecule has 0 aliphatic carbocycles. The zero-order chi connectivity index (χ0) is 9.97. The zero-order valence-corrected chi connectivity index (χ0v) is 9.55. The molecule has 1 aliphatic rings. The molecule has 3 heteroatoms. The van der Waals surface area contributed by atoms with Crippen molar-refractivity contribution < 1.29 is 5.11 Å². The highest BCUT2D eigenvalue weighted by Gasteiger charge is 2.16. The highest BCUT2D eigenvalue weighted by Crippen LogP contribution is 2.28. The van der Waals surface area contributed by atoms with Crippen molar-refractivity contribution in [3.8, 4) is 5.75 Å². The fraction of sp³-hybridized carbons (Fsp3) is 0.455. The van der Waals surface area contributed by atoms with Crippen LogP contribution in [0.4, 0.5) is 0 Å². The Morgan fingerprint density at radius 3 is 3.07 bits per heavy atom. The van der Waals surface area contributed by atoms with E-state index in [0.717, 1.165) is 17.4 Å². The van der Waals surface area contributed by atoms with Crippen LogP contribution in [0.25, 0.3) is 0 Å². The highest BCUT2D eigenvalue weighted by molar-refractivity contribution is 9.10. The van der Waals surface area contributed by atoms with Gasteiger partial charge >= 0.3 is 0 Å². The minimum Gasteiger partial charge on any atom is -0.507 e. The number of hydrogen-bond donors (Lipinski definition) is 2. The van der Waals surface area contributed by atoms with E-state index in [9.17, 15) is 5.11 Å². The Bertz CT molecular complexity index is 321. The Morgan fingerprint density at radius 2 is 2.36 bits per heavy atom. The van der Waals surface area contributed by atoms with Crippen LogP contribution < -0.4 is 5.32 Å². The van der Waals surface area contributed by atoms with Gasteiger partial charge in [0, 0.05) is 6.04 Å². The Hall–Kier alpha value is -0.540. The molecule has 1 aromatic rings. The molecule has 2 nitrogen and oxygen atoms in total. The van der Waals surface area contributed by atoms with Crippen molar-refractivity contribution in [2.45, 2.75) is 25.3 Å². The maximum atomic E-state index is 9.51. The fourth-order valence-electron chi connectivity index (χ4n) is 1.92. The van der Waals surface area contributed by atoms with Crippen LogP contribution in [0.1, 0.15) is 18.4 Å². The summed E-state index contributed by atoms with van der Waals surface area (Å²) < 4.78 is 0.841. The number of halogens is 1. The summed E-state index contributed by atoms with van der Waals surface area (Å²) in [5.41, 5.74) is 1.18. The molecular weight excluding hydrogens is 242 g/mol. The molecule has 1 fully saturated rings. The third-order valence-electron chi connectivity index (χ3n) is 2.69. The quantitative estimate of drug-likeness (QED) is 0.851. The third-order valence-corrected chi connectivity index (χ3v) is 3.60. The lowest BCUT2D eigenvalue weighted by atomic mass is 10.0. The molecule has 1 aromatic carbocycles. The Labute approximate surface area is 92.5 Å². The Balaban J connectivity index is 2.11. The Morgan fingerprint density at radius 1 is 1.50 bits per heavy atom. The van der Waals surface area contributed by atoms with E-state index in [1.54, 1.807) is 6.07 Å². The molecule has 1 unspecified atom stereocenters. The maximum absolute atomic E-state index is 9.51. The van der Waals surface area contributed by atoms with Gasteiger partial charge in [-0.25, -0.2) is 0 Å². The largest absolute Gasteiger partial charge is 0.507 e. The van der Waals surface area contributed by atoms with Crippen LogP contribution in [0.3, 0.4) is 0 Å². The summed E-state index contributed by atoms with van der Waals surface area (Å²) in [7, 11) is 0. The lowest BCUT2D eigenvalue weighted by Gasteiger charge is -2.11. The van der Waals surface area contributed by atoms with Crippen molar-refractivity contribution in [1.29, 1.82) is 0 Å². The van der Waals surface area contributed by atoms with E-state index in [2.05, 4.69) is 27.3 Å². The van der Waals surface area contributed by atoms with Gasteiger partial charge in [0.15, 0.2) is 0 Å². The van der Waals surface area contributed by atoms with E-state index in [0.29, 0.717) is 11.8 Å². The molecule has 0 amide bonds. The molecule has 2 rings (SSSR count). The molecule has 0 saturated carbocycles. The van der Waals surface area contributed by atoms with Gasteiger partial charge in [-0.05, 0) is 53.4 Å². The normalized spacial score (nSPS) is 21.4. The standard InChI is InChI=1S/C11H14BrNO/c12-11-8(3-1-5-10(11)14)7-9-4-2-6-13-9/h1,3,5,9,13-14H,2,4,6-7H2. The van der Waals surface area contributed by atoms with Gasteiger partial charge in [-0.15, -0.1) is 0 Å². The first-order valence-electron chi connectivity index (χ1n) is 4.97. The number of aromatic hydroxyl groups is 1. The molecule has 1 saturated heterocycles. The van der Waals surface area contributed by atoms with Gasteiger partial charge in [-0.3, -0.25) is 0 Å². The van der Waals surface area contributed by atoms with Crippen molar-refractivity contribution in [2.24, 2.45) is 0 Å². The zero-order valence-electron chi connectivity index (χ0n) is 7.96. The molecule has 14 heavy (non-hydrogen) atoms. The average Bonchev–Trinajstić information content (AvgIpc) is 2.66. The summed E-state index contributed by atoms with van der Waals surface area (Å²) in [6.07, 6.45) is 3.50. The van der Waals surface area contributed by atoms with Crippen LogP contribution in [0, 0.1) is 0 Å². The van der Waals surface area contributed by atoms with Crippen molar-refractivity contribution >= 4 is 15.9 Å². The summed E-state index contributed by atoms with van der Waals surface area (Å²) in [6.45, 7) is 1.13. The van der Waals surface area contributed by atoms with Gasteiger partial charge < -0.3 is 10.4 Å². The first kappa shape index (κ1) is 9.99. The first-order valence-corrected chi connectivity index (χ1v) is 5.76. The summed E-state index contributed by atoms with van der Waals surface area (Å²) in [5.74, 6) is 0.334. The molecule has 0 aromatic heterocycles. The van der Waals surface area contributed by atoms with Crippen LogP contribution in [0.5, 0.6) is 5.75 Å². The Kier molecular flexibility index (Phi) is 3.08. The predicted molar refractivity (Wildman–Crippen MR) is 60.5 cm³/mol. The van der Waals surface area contributed by atoms with Crippen LogP contribution in [-0.4, -0.2) is 17.7 Å². The van der Waals surface area contributed by atoms with Gasteiger partial charge in [0.05, 0.1) is 4.47 Å². The number of benzene rings is 1. The van der Waals surface area contributed by atoms with E-state index in [1.807, 2.05) is 6.07 Å². The van der Waals surface area contributed by atoms with Crippen LogP contribution in [-0.2, 0) is 6.42 Å². The van der Waals surface area contributed by atoms with Gasteiger partial charge in [-0.2, -0.15) is 0 Å². The number of nitrogens with one attached hydrogen (secondary N) is 1. The van der Waals surface area contributed by atoms with Crippen molar-refractivity contribution in [3.05, 3.63) is 28.2 Å². The summed E-state index contributed by atoms with van der Waals surface area (Å²) in [5, 5.41) is 13.0. The number of rotatable bonds is 2. The van der Waals surface area contributed by atoms with Crippen molar-refractivity contribution in [1.82, 2.24) is 5.32 Å². The smallest absolute Gasteiger partial charge is 0.130 e. The number of phenolic OH excluding ortho intramolecular Hbond substituents is 1. The minimum absolute atomic E-state index is 0.334. The number of phenols is 1. The van der Waals surface area contributed by atoms with Crippen LogP contribution >= 0.6 is 15.9 Å². The van der Waals surface area contributed by atoms with E-state index < -0.39 is 0 Å². The van der Waals surface area contributed by atoms with Gasteiger partial charge in [0.2, 0.25) is 0 Å². The van der Waals surface area contributed by atoms with Gasteiger partial charge in [0.1, 0.15) is 5.75 Å². The summed E-state index contributed by atoms with van der Waals surface area (Å²) >= 11 is 3.41.